The fourth-order valence-corrected chi connectivity index (χ4v) is 3.07. The third kappa shape index (κ3) is 4.23. The molecule has 0 aromatic heterocycles. The smallest absolute Gasteiger partial charge is 0.310 e. The number of nitro benzene ring substituents is 1. The van der Waals surface area contributed by atoms with Crippen LogP contribution >= 0.6 is 0 Å². The summed E-state index contributed by atoms with van der Waals surface area (Å²) in [5.74, 6) is -0.476. The number of carbonyl (C=O) groups excluding carboxylic acids is 1. The summed E-state index contributed by atoms with van der Waals surface area (Å²) in [4.78, 5) is 23.2. The van der Waals surface area contributed by atoms with E-state index in [0.29, 0.717) is 23.2 Å². The third-order valence-electron chi connectivity index (χ3n) is 4.28. The van der Waals surface area contributed by atoms with Crippen LogP contribution in [0.15, 0.2) is 60.7 Å². The molecule has 0 aliphatic carbocycles. The lowest BCUT2D eigenvalue weighted by molar-refractivity contribution is -0.385. The Kier molecular flexibility index (Phi) is 5.66. The van der Waals surface area contributed by atoms with E-state index in [2.05, 4.69) is 5.32 Å². The van der Waals surface area contributed by atoms with Crippen LogP contribution in [0.5, 0.6) is 0 Å². The van der Waals surface area contributed by atoms with Crippen molar-refractivity contribution in [2.45, 2.75) is 19.9 Å². The molecule has 0 fully saturated rings. The minimum Gasteiger partial charge on any atom is -0.466 e. The van der Waals surface area contributed by atoms with E-state index in [1.54, 1.807) is 13.0 Å². The summed E-state index contributed by atoms with van der Waals surface area (Å²) in [6.07, 6.45) is -0.135. The number of anilines is 1. The Morgan fingerprint density at radius 3 is 2.41 bits per heavy atom. The molecule has 0 saturated carbocycles. The summed E-state index contributed by atoms with van der Waals surface area (Å²) in [5.41, 5.74) is 2.02. The van der Waals surface area contributed by atoms with Gasteiger partial charge in [-0.15, -0.1) is 0 Å². The molecule has 3 aromatic rings. The Bertz CT molecular complexity index is 971. The van der Waals surface area contributed by atoms with Crippen LogP contribution in [0.1, 0.15) is 18.1 Å². The number of nitrogens with zero attached hydrogens (tertiary/aromatic N) is 1. The number of nitrogens with one attached hydrogen (secondary N) is 1. The lowest BCUT2D eigenvalue weighted by Gasteiger charge is -2.14. The number of ether oxygens (including phenoxy) is 1. The molecule has 0 radical (unpaired) electrons. The zero-order chi connectivity index (χ0) is 19.2. The third-order valence-corrected chi connectivity index (χ3v) is 4.28. The molecule has 0 bridgehead atoms. The fourth-order valence-electron chi connectivity index (χ4n) is 3.07. The highest BCUT2D eigenvalue weighted by Crippen LogP contribution is 2.35. The number of hydrogen-bond acceptors (Lipinski definition) is 5. The van der Waals surface area contributed by atoms with E-state index in [0.717, 1.165) is 10.9 Å². The van der Waals surface area contributed by atoms with E-state index in [1.165, 1.54) is 6.07 Å². The first-order valence-corrected chi connectivity index (χ1v) is 8.72. The maximum absolute atomic E-state index is 12.0. The van der Waals surface area contributed by atoms with E-state index in [1.807, 2.05) is 48.5 Å². The summed E-state index contributed by atoms with van der Waals surface area (Å²) < 4.78 is 4.99. The molecule has 0 aliphatic heterocycles. The Hall–Kier alpha value is -3.41. The van der Waals surface area contributed by atoms with Crippen LogP contribution in [0.25, 0.3) is 10.8 Å². The maximum atomic E-state index is 12.0. The van der Waals surface area contributed by atoms with Gasteiger partial charge in [-0.05, 0) is 17.9 Å². The first-order chi connectivity index (χ1) is 13.1. The zero-order valence-electron chi connectivity index (χ0n) is 15.0. The van der Waals surface area contributed by atoms with Crippen LogP contribution in [0.3, 0.4) is 0 Å². The number of benzene rings is 3. The zero-order valence-corrected chi connectivity index (χ0v) is 15.0. The second-order valence-corrected chi connectivity index (χ2v) is 6.05. The van der Waals surface area contributed by atoms with Gasteiger partial charge in [0.25, 0.3) is 5.69 Å². The average Bonchev–Trinajstić information content (AvgIpc) is 2.68. The number of fused-ring (bicyclic) bond motifs is 1. The number of carbonyl (C=O) groups is 1. The number of esters is 1. The second kappa shape index (κ2) is 8.31. The molecule has 0 spiro atoms. The molecule has 138 valence electrons. The summed E-state index contributed by atoms with van der Waals surface area (Å²) >= 11 is 0. The van der Waals surface area contributed by atoms with Gasteiger partial charge in [0.05, 0.1) is 18.0 Å². The molecule has 0 heterocycles. The van der Waals surface area contributed by atoms with Crippen LogP contribution in [-0.2, 0) is 22.5 Å². The second-order valence-electron chi connectivity index (χ2n) is 6.05. The largest absolute Gasteiger partial charge is 0.466 e. The van der Waals surface area contributed by atoms with Gasteiger partial charge in [-0.25, -0.2) is 0 Å². The Morgan fingerprint density at radius 1 is 1.07 bits per heavy atom. The summed E-state index contributed by atoms with van der Waals surface area (Å²) in [6, 6.07) is 18.7. The molecule has 27 heavy (non-hydrogen) atoms. The number of rotatable bonds is 7. The van der Waals surface area contributed by atoms with Crippen molar-refractivity contribution in [3.05, 3.63) is 81.9 Å². The first kappa shape index (κ1) is 18.4. The van der Waals surface area contributed by atoms with Gasteiger partial charge in [0, 0.05) is 29.2 Å². The minimum absolute atomic E-state index is 0.0858. The highest BCUT2D eigenvalue weighted by Gasteiger charge is 2.22. The van der Waals surface area contributed by atoms with Gasteiger partial charge in [0.2, 0.25) is 0 Å². The van der Waals surface area contributed by atoms with E-state index < -0.39 is 10.9 Å². The molecule has 3 aromatic carbocycles. The number of nitro groups is 1. The van der Waals surface area contributed by atoms with Crippen molar-refractivity contribution in [2.75, 3.05) is 11.9 Å². The number of hydrogen-bond donors (Lipinski definition) is 1. The molecule has 0 amide bonds. The van der Waals surface area contributed by atoms with Crippen LogP contribution in [0.4, 0.5) is 11.4 Å². The molecule has 0 unspecified atom stereocenters. The molecule has 1 N–H and O–H groups in total. The molecule has 3 rings (SSSR count). The predicted molar refractivity (Wildman–Crippen MR) is 105 cm³/mol. The maximum Gasteiger partial charge on any atom is 0.310 e. The summed E-state index contributed by atoms with van der Waals surface area (Å²) in [6.45, 7) is 2.49. The predicted octanol–water partition coefficient (Wildman–Crippen LogP) is 4.47. The Morgan fingerprint density at radius 2 is 1.74 bits per heavy atom. The van der Waals surface area contributed by atoms with Crippen molar-refractivity contribution in [2.24, 2.45) is 0 Å². The highest BCUT2D eigenvalue weighted by atomic mass is 16.6. The van der Waals surface area contributed by atoms with Crippen molar-refractivity contribution in [1.82, 2.24) is 0 Å². The van der Waals surface area contributed by atoms with E-state index in [9.17, 15) is 14.9 Å². The molecular weight excluding hydrogens is 344 g/mol. The summed E-state index contributed by atoms with van der Waals surface area (Å²) in [7, 11) is 0. The van der Waals surface area contributed by atoms with Gasteiger partial charge < -0.3 is 10.1 Å². The van der Waals surface area contributed by atoms with Gasteiger partial charge >= 0.3 is 5.97 Å². The molecule has 0 saturated heterocycles. The summed E-state index contributed by atoms with van der Waals surface area (Å²) in [5, 5.41) is 16.4. The molecular formula is C21H20N2O4. The topological polar surface area (TPSA) is 81.5 Å². The van der Waals surface area contributed by atoms with E-state index >= 15 is 0 Å². The molecule has 0 aliphatic rings. The van der Waals surface area contributed by atoms with Gasteiger partial charge in [0.15, 0.2) is 0 Å². The SMILES string of the molecule is CCOC(=O)Cc1c([N+](=O)[O-])cc(NCc2ccccc2)c2ccccc12. The van der Waals surface area contributed by atoms with Crippen molar-refractivity contribution in [3.8, 4) is 0 Å². The lowest BCUT2D eigenvalue weighted by atomic mass is 9.98. The normalized spacial score (nSPS) is 10.6. The van der Waals surface area contributed by atoms with Crippen molar-refractivity contribution in [1.29, 1.82) is 0 Å². The van der Waals surface area contributed by atoms with Crippen molar-refractivity contribution >= 4 is 28.1 Å². The molecule has 6 nitrogen and oxygen atoms in total. The monoisotopic (exact) mass is 364 g/mol. The average molecular weight is 364 g/mol. The first-order valence-electron chi connectivity index (χ1n) is 8.72. The quantitative estimate of drug-likeness (QED) is 0.380. The highest BCUT2D eigenvalue weighted by molar-refractivity contribution is 6.00. The van der Waals surface area contributed by atoms with Crippen molar-refractivity contribution < 1.29 is 14.5 Å². The molecule has 6 heteroatoms. The van der Waals surface area contributed by atoms with Gasteiger partial charge in [-0.1, -0.05) is 54.6 Å². The van der Waals surface area contributed by atoms with Gasteiger partial charge in [-0.2, -0.15) is 0 Å². The van der Waals surface area contributed by atoms with Crippen LogP contribution < -0.4 is 5.32 Å². The van der Waals surface area contributed by atoms with E-state index in [4.69, 9.17) is 4.74 Å². The van der Waals surface area contributed by atoms with Crippen LogP contribution in [0, 0.1) is 10.1 Å². The van der Waals surface area contributed by atoms with Gasteiger partial charge in [0.1, 0.15) is 0 Å². The lowest BCUT2D eigenvalue weighted by Crippen LogP contribution is -2.10. The minimum atomic E-state index is -0.476. The van der Waals surface area contributed by atoms with Crippen LogP contribution in [0.2, 0.25) is 0 Å². The van der Waals surface area contributed by atoms with Gasteiger partial charge in [-0.3, -0.25) is 14.9 Å². The Balaban J connectivity index is 2.04. The standard InChI is InChI=1S/C21H20N2O4/c1-2-27-21(24)12-18-16-10-6-7-11-17(16)19(13-20(18)23(25)26)22-14-15-8-4-3-5-9-15/h3-11,13,22H,2,12,14H2,1H3. The fraction of sp³-hybridized carbons (Fsp3) is 0.190. The molecule has 0 atom stereocenters. The van der Waals surface area contributed by atoms with Crippen LogP contribution in [-0.4, -0.2) is 17.5 Å². The Labute approximate surface area is 156 Å². The van der Waals surface area contributed by atoms with Crippen molar-refractivity contribution in [3.63, 3.8) is 0 Å². The van der Waals surface area contributed by atoms with E-state index in [-0.39, 0.29) is 18.7 Å².